The number of thiophene rings is 1. The van der Waals surface area contributed by atoms with Gasteiger partial charge in [0, 0.05) is 15.6 Å². The van der Waals surface area contributed by atoms with Gasteiger partial charge in [0.2, 0.25) is 0 Å². The Morgan fingerprint density at radius 1 is 1.50 bits per heavy atom. The van der Waals surface area contributed by atoms with E-state index in [9.17, 15) is 5.11 Å². The maximum Gasteiger partial charge on any atom is 0.130 e. The lowest BCUT2D eigenvalue weighted by atomic mass is 10.1. The van der Waals surface area contributed by atoms with Gasteiger partial charge in [0.1, 0.15) is 5.75 Å². The lowest BCUT2D eigenvalue weighted by Gasteiger charge is -2.01. The number of nitrogen functional groups attached to an aromatic ring is 1. The van der Waals surface area contributed by atoms with Crippen LogP contribution in [0.4, 0.5) is 5.69 Å². The third kappa shape index (κ3) is 1.19. The zero-order valence-electron chi connectivity index (χ0n) is 7.32. The van der Waals surface area contributed by atoms with E-state index in [1.54, 1.807) is 11.4 Å². The first-order valence-corrected chi connectivity index (χ1v) is 4.96. The second-order valence-corrected chi connectivity index (χ2v) is 3.88. The number of nitrogens with two attached hydrogens (primary N) is 1. The molecule has 4 heteroatoms. The van der Waals surface area contributed by atoms with Crippen molar-refractivity contribution in [1.29, 1.82) is 5.26 Å². The molecule has 0 aliphatic carbocycles. The highest BCUT2D eigenvalue weighted by Gasteiger charge is 2.10. The van der Waals surface area contributed by atoms with Crippen LogP contribution < -0.4 is 5.73 Å². The zero-order chi connectivity index (χ0) is 10.1. The monoisotopic (exact) mass is 204 g/mol. The first-order chi connectivity index (χ1) is 6.74. The van der Waals surface area contributed by atoms with Gasteiger partial charge in [0.05, 0.1) is 23.6 Å². The van der Waals surface area contributed by atoms with Crippen molar-refractivity contribution in [1.82, 2.24) is 0 Å². The third-order valence-corrected chi connectivity index (χ3v) is 3.06. The standard InChI is InChI=1S/C10H8N2OS/c11-4-3-6-1-2-8-9(10(6)13)7(12)5-14-8/h1-2,5,13H,3,12H2. The molecule has 1 aromatic heterocycles. The average Bonchev–Trinajstić information content (AvgIpc) is 2.54. The molecule has 3 N–H and O–H groups in total. The van der Waals surface area contributed by atoms with Crippen molar-refractivity contribution in [3.63, 3.8) is 0 Å². The van der Waals surface area contributed by atoms with Crippen LogP contribution in [0.25, 0.3) is 10.1 Å². The Morgan fingerprint density at radius 2 is 2.29 bits per heavy atom. The molecule has 3 nitrogen and oxygen atoms in total. The van der Waals surface area contributed by atoms with E-state index in [0.717, 1.165) is 4.70 Å². The molecule has 1 aromatic carbocycles. The Morgan fingerprint density at radius 3 is 3.00 bits per heavy atom. The van der Waals surface area contributed by atoms with Crippen LogP contribution >= 0.6 is 11.3 Å². The summed E-state index contributed by atoms with van der Waals surface area (Å²) < 4.78 is 0.946. The number of nitrogens with zero attached hydrogens (tertiary/aromatic N) is 1. The fraction of sp³-hybridized carbons (Fsp3) is 0.100. The molecule has 0 amide bonds. The maximum absolute atomic E-state index is 9.83. The number of benzene rings is 1. The Kier molecular flexibility index (Phi) is 2.02. The number of rotatable bonds is 1. The highest BCUT2D eigenvalue weighted by Crippen LogP contribution is 2.37. The summed E-state index contributed by atoms with van der Waals surface area (Å²) in [5.74, 6) is 0.141. The number of phenols is 1. The molecule has 0 atom stereocenters. The summed E-state index contributed by atoms with van der Waals surface area (Å²) in [6.07, 6.45) is 0.205. The number of fused-ring (bicyclic) bond motifs is 1. The van der Waals surface area contributed by atoms with Crippen LogP contribution in [-0.4, -0.2) is 5.11 Å². The molecule has 0 aliphatic rings. The van der Waals surface area contributed by atoms with Crippen molar-refractivity contribution < 1.29 is 5.11 Å². The predicted octanol–water partition coefficient (Wildman–Crippen LogP) is 2.26. The molecule has 0 aliphatic heterocycles. The van der Waals surface area contributed by atoms with E-state index in [-0.39, 0.29) is 12.2 Å². The highest BCUT2D eigenvalue weighted by molar-refractivity contribution is 7.17. The Hall–Kier alpha value is -1.73. The normalized spacial score (nSPS) is 10.2. The summed E-state index contributed by atoms with van der Waals surface area (Å²) in [6, 6.07) is 5.64. The van der Waals surface area contributed by atoms with Crippen LogP contribution in [0, 0.1) is 11.3 Å². The van der Waals surface area contributed by atoms with Crippen molar-refractivity contribution in [3.05, 3.63) is 23.1 Å². The minimum Gasteiger partial charge on any atom is -0.507 e. The van der Waals surface area contributed by atoms with Crippen molar-refractivity contribution in [3.8, 4) is 11.8 Å². The summed E-state index contributed by atoms with van der Waals surface area (Å²) >= 11 is 1.49. The van der Waals surface area contributed by atoms with Gasteiger partial charge >= 0.3 is 0 Å². The van der Waals surface area contributed by atoms with Gasteiger partial charge in [-0.2, -0.15) is 5.26 Å². The number of anilines is 1. The third-order valence-electron chi connectivity index (χ3n) is 2.09. The second-order valence-electron chi connectivity index (χ2n) is 2.97. The van der Waals surface area contributed by atoms with Crippen LogP contribution in [0.15, 0.2) is 17.5 Å². The van der Waals surface area contributed by atoms with E-state index in [4.69, 9.17) is 11.0 Å². The van der Waals surface area contributed by atoms with Gasteiger partial charge in [-0.1, -0.05) is 6.07 Å². The van der Waals surface area contributed by atoms with Gasteiger partial charge in [-0.15, -0.1) is 11.3 Å². The van der Waals surface area contributed by atoms with Gasteiger partial charge in [0.25, 0.3) is 0 Å². The van der Waals surface area contributed by atoms with Crippen LogP contribution in [0.2, 0.25) is 0 Å². The first-order valence-electron chi connectivity index (χ1n) is 4.08. The summed E-state index contributed by atoms with van der Waals surface area (Å²) in [4.78, 5) is 0. The maximum atomic E-state index is 9.83. The molecule has 0 radical (unpaired) electrons. The van der Waals surface area contributed by atoms with E-state index in [1.807, 2.05) is 12.1 Å². The average molecular weight is 204 g/mol. The van der Waals surface area contributed by atoms with Crippen LogP contribution in [-0.2, 0) is 6.42 Å². The van der Waals surface area contributed by atoms with E-state index in [2.05, 4.69) is 0 Å². The van der Waals surface area contributed by atoms with Gasteiger partial charge in [0.15, 0.2) is 0 Å². The summed E-state index contributed by atoms with van der Waals surface area (Å²) in [7, 11) is 0. The molecule has 0 bridgehead atoms. The predicted molar refractivity (Wildman–Crippen MR) is 57.2 cm³/mol. The number of aromatic hydroxyl groups is 1. The van der Waals surface area contributed by atoms with E-state index in [0.29, 0.717) is 16.6 Å². The molecule has 0 saturated carbocycles. The topological polar surface area (TPSA) is 70.0 Å². The van der Waals surface area contributed by atoms with Gasteiger partial charge in [-0.3, -0.25) is 0 Å². The Bertz CT molecular complexity index is 525. The number of hydrogen-bond donors (Lipinski definition) is 2. The fourth-order valence-electron chi connectivity index (χ4n) is 1.41. The van der Waals surface area contributed by atoms with Crippen LogP contribution in [0.5, 0.6) is 5.75 Å². The zero-order valence-corrected chi connectivity index (χ0v) is 8.14. The molecule has 70 valence electrons. The van der Waals surface area contributed by atoms with Crippen molar-refractivity contribution in [2.24, 2.45) is 0 Å². The molecule has 2 rings (SSSR count). The second kappa shape index (κ2) is 3.20. The fourth-order valence-corrected chi connectivity index (χ4v) is 2.26. The van der Waals surface area contributed by atoms with Gasteiger partial charge in [-0.25, -0.2) is 0 Å². The lowest BCUT2D eigenvalue weighted by Crippen LogP contribution is -1.86. The Balaban J connectivity index is 2.74. The smallest absolute Gasteiger partial charge is 0.130 e. The molecule has 14 heavy (non-hydrogen) atoms. The lowest BCUT2D eigenvalue weighted by molar-refractivity contribution is 0.476. The van der Waals surface area contributed by atoms with Gasteiger partial charge in [-0.05, 0) is 6.07 Å². The number of phenolic OH excluding ortho intramolecular Hbond substituents is 1. The van der Waals surface area contributed by atoms with Crippen molar-refractivity contribution >= 4 is 27.1 Å². The molecule has 1 heterocycles. The Labute approximate surface area is 85.0 Å². The molecule has 0 saturated heterocycles. The molecule has 0 spiro atoms. The van der Waals surface area contributed by atoms with E-state index in [1.165, 1.54) is 11.3 Å². The molecular weight excluding hydrogens is 196 g/mol. The summed E-state index contributed by atoms with van der Waals surface area (Å²) in [6.45, 7) is 0. The van der Waals surface area contributed by atoms with Crippen molar-refractivity contribution in [2.75, 3.05) is 5.73 Å². The number of hydrogen-bond acceptors (Lipinski definition) is 4. The molecular formula is C10H8N2OS. The largest absolute Gasteiger partial charge is 0.507 e. The first kappa shape index (κ1) is 8.85. The molecule has 2 aromatic rings. The summed E-state index contributed by atoms with van der Waals surface area (Å²) in [5, 5.41) is 20.8. The van der Waals surface area contributed by atoms with Crippen molar-refractivity contribution in [2.45, 2.75) is 6.42 Å². The minimum atomic E-state index is 0.141. The van der Waals surface area contributed by atoms with E-state index < -0.39 is 0 Å². The molecule has 0 unspecified atom stereocenters. The highest BCUT2D eigenvalue weighted by atomic mass is 32.1. The quantitative estimate of drug-likeness (QED) is 0.748. The van der Waals surface area contributed by atoms with Crippen LogP contribution in [0.3, 0.4) is 0 Å². The summed E-state index contributed by atoms with van der Waals surface area (Å²) in [5.41, 5.74) is 6.91. The number of nitriles is 1. The SMILES string of the molecule is N#CCc1ccc2scc(N)c2c1O. The van der Waals surface area contributed by atoms with Gasteiger partial charge < -0.3 is 10.8 Å². The molecule has 0 fully saturated rings. The van der Waals surface area contributed by atoms with Crippen LogP contribution in [0.1, 0.15) is 5.56 Å². The minimum absolute atomic E-state index is 0.141. The van der Waals surface area contributed by atoms with E-state index >= 15 is 0 Å².